The smallest absolute Gasteiger partial charge is 0.237 e. The van der Waals surface area contributed by atoms with E-state index in [2.05, 4.69) is 20.2 Å². The molecule has 1 aromatic rings. The molecule has 19 heavy (non-hydrogen) atoms. The molecular formula is C13H21ClN4O. The Bertz CT molecular complexity index is 396. The molecule has 1 aromatic heterocycles. The number of likely N-dealkylation sites (tertiary alicyclic amines) is 1. The molecule has 2 heterocycles. The fourth-order valence-corrected chi connectivity index (χ4v) is 2.30. The molecule has 5 nitrogen and oxygen atoms in total. The van der Waals surface area contributed by atoms with Crippen LogP contribution in [0, 0.1) is 0 Å². The molecule has 1 aliphatic heterocycles. The lowest BCUT2D eigenvalue weighted by Gasteiger charge is -2.26. The van der Waals surface area contributed by atoms with Crippen LogP contribution in [0.15, 0.2) is 6.20 Å². The van der Waals surface area contributed by atoms with Gasteiger partial charge in [-0.2, -0.15) is 4.98 Å². The fraction of sp³-hybridized carbons (Fsp3) is 0.692. The molecule has 6 heteroatoms. The highest BCUT2D eigenvalue weighted by Gasteiger charge is 2.11. The van der Waals surface area contributed by atoms with Gasteiger partial charge >= 0.3 is 0 Å². The highest BCUT2D eigenvalue weighted by atomic mass is 35.5. The largest absolute Gasteiger partial charge is 0.475 e. The second-order valence-electron chi connectivity index (χ2n) is 4.63. The summed E-state index contributed by atoms with van der Waals surface area (Å²) >= 11 is 6.03. The number of nitrogens with one attached hydrogen (secondary N) is 1. The fourth-order valence-electron chi connectivity index (χ4n) is 2.15. The van der Waals surface area contributed by atoms with Crippen molar-refractivity contribution < 1.29 is 4.74 Å². The monoisotopic (exact) mass is 284 g/mol. The van der Waals surface area contributed by atoms with Crippen molar-refractivity contribution in [1.29, 1.82) is 0 Å². The summed E-state index contributed by atoms with van der Waals surface area (Å²) in [4.78, 5) is 10.8. The van der Waals surface area contributed by atoms with Gasteiger partial charge in [0, 0.05) is 13.1 Å². The SMILES string of the molecule is CCNc1ncc(Cl)c(OCCN2CCCCC2)n1. The number of anilines is 1. The van der Waals surface area contributed by atoms with Gasteiger partial charge in [0.1, 0.15) is 11.6 Å². The number of nitrogens with zero attached hydrogens (tertiary/aromatic N) is 3. The Labute approximate surface area is 119 Å². The summed E-state index contributed by atoms with van der Waals surface area (Å²) in [6.45, 7) is 6.65. The molecule has 0 spiro atoms. The third-order valence-corrected chi connectivity index (χ3v) is 3.40. The van der Waals surface area contributed by atoms with Gasteiger partial charge in [0.2, 0.25) is 11.8 Å². The minimum Gasteiger partial charge on any atom is -0.475 e. The predicted molar refractivity (Wildman–Crippen MR) is 77.0 cm³/mol. The van der Waals surface area contributed by atoms with Crippen LogP contribution in [0.4, 0.5) is 5.95 Å². The second-order valence-corrected chi connectivity index (χ2v) is 5.03. The lowest BCUT2D eigenvalue weighted by molar-refractivity contribution is 0.180. The van der Waals surface area contributed by atoms with E-state index in [9.17, 15) is 0 Å². The van der Waals surface area contributed by atoms with E-state index in [1.165, 1.54) is 32.4 Å². The van der Waals surface area contributed by atoms with Crippen LogP contribution in [0.25, 0.3) is 0 Å². The van der Waals surface area contributed by atoms with Gasteiger partial charge in [-0.1, -0.05) is 18.0 Å². The first-order chi connectivity index (χ1) is 9.29. The van der Waals surface area contributed by atoms with Gasteiger partial charge in [-0.25, -0.2) is 4.98 Å². The second kappa shape index (κ2) is 7.50. The van der Waals surface area contributed by atoms with Crippen molar-refractivity contribution in [2.24, 2.45) is 0 Å². The lowest BCUT2D eigenvalue weighted by Crippen LogP contribution is -2.33. The molecule has 0 aliphatic carbocycles. The maximum Gasteiger partial charge on any atom is 0.237 e. The average Bonchev–Trinajstić information content (AvgIpc) is 2.44. The minimum absolute atomic E-state index is 0.459. The van der Waals surface area contributed by atoms with Crippen molar-refractivity contribution in [1.82, 2.24) is 14.9 Å². The Morgan fingerprint density at radius 2 is 2.16 bits per heavy atom. The normalized spacial score (nSPS) is 16.3. The summed E-state index contributed by atoms with van der Waals surface area (Å²) in [5.74, 6) is 1.02. The standard InChI is InChI=1S/C13H21ClN4O/c1-2-15-13-16-10-11(14)12(17-13)19-9-8-18-6-4-3-5-7-18/h10H,2-9H2,1H3,(H,15,16,17). The lowest BCUT2D eigenvalue weighted by atomic mass is 10.1. The third kappa shape index (κ3) is 4.51. The minimum atomic E-state index is 0.459. The number of ether oxygens (including phenoxy) is 1. The Morgan fingerprint density at radius 3 is 2.89 bits per heavy atom. The van der Waals surface area contributed by atoms with Crippen LogP contribution >= 0.6 is 11.6 Å². The summed E-state index contributed by atoms with van der Waals surface area (Å²) in [5, 5.41) is 3.50. The molecule has 0 saturated carbocycles. The number of hydrogen-bond donors (Lipinski definition) is 1. The van der Waals surface area contributed by atoms with Crippen LogP contribution in [0.2, 0.25) is 5.02 Å². The summed E-state index contributed by atoms with van der Waals surface area (Å²) in [5.41, 5.74) is 0. The first kappa shape index (κ1) is 14.3. The van der Waals surface area contributed by atoms with Crippen LogP contribution in [0.3, 0.4) is 0 Å². The van der Waals surface area contributed by atoms with Crippen molar-refractivity contribution in [2.45, 2.75) is 26.2 Å². The van der Waals surface area contributed by atoms with E-state index < -0.39 is 0 Å². The highest BCUT2D eigenvalue weighted by Crippen LogP contribution is 2.21. The average molecular weight is 285 g/mol. The molecule has 1 aliphatic rings. The summed E-state index contributed by atoms with van der Waals surface area (Å²) < 4.78 is 5.66. The van der Waals surface area contributed by atoms with E-state index in [-0.39, 0.29) is 0 Å². The molecule has 1 fully saturated rings. The maximum absolute atomic E-state index is 6.03. The van der Waals surface area contributed by atoms with Gasteiger partial charge in [-0.3, -0.25) is 4.90 Å². The molecule has 106 valence electrons. The highest BCUT2D eigenvalue weighted by molar-refractivity contribution is 6.31. The number of rotatable bonds is 6. The van der Waals surface area contributed by atoms with Crippen LogP contribution < -0.4 is 10.1 Å². The van der Waals surface area contributed by atoms with Gasteiger partial charge in [0.25, 0.3) is 0 Å². The molecule has 0 radical (unpaired) electrons. The van der Waals surface area contributed by atoms with Crippen molar-refractivity contribution in [3.63, 3.8) is 0 Å². The molecule has 0 unspecified atom stereocenters. The quantitative estimate of drug-likeness (QED) is 0.869. The zero-order valence-corrected chi connectivity index (χ0v) is 12.1. The molecule has 1 N–H and O–H groups in total. The molecule has 0 amide bonds. The van der Waals surface area contributed by atoms with Crippen LogP contribution in [0.1, 0.15) is 26.2 Å². The van der Waals surface area contributed by atoms with E-state index in [4.69, 9.17) is 16.3 Å². The van der Waals surface area contributed by atoms with Gasteiger partial charge in [-0.15, -0.1) is 0 Å². The number of piperidine rings is 1. The van der Waals surface area contributed by atoms with Gasteiger partial charge in [0.05, 0.1) is 6.20 Å². The summed E-state index contributed by atoms with van der Waals surface area (Å²) in [6.07, 6.45) is 5.50. The Morgan fingerprint density at radius 1 is 1.37 bits per heavy atom. The molecule has 1 saturated heterocycles. The Hall–Kier alpha value is -1.07. The van der Waals surface area contributed by atoms with Crippen LogP contribution in [0.5, 0.6) is 5.88 Å². The summed E-state index contributed by atoms with van der Waals surface area (Å²) in [7, 11) is 0. The topological polar surface area (TPSA) is 50.3 Å². The van der Waals surface area contributed by atoms with Crippen molar-refractivity contribution in [3.8, 4) is 5.88 Å². The van der Waals surface area contributed by atoms with Crippen molar-refractivity contribution in [3.05, 3.63) is 11.2 Å². The zero-order chi connectivity index (χ0) is 13.5. The van der Waals surface area contributed by atoms with E-state index >= 15 is 0 Å². The number of hydrogen-bond acceptors (Lipinski definition) is 5. The van der Waals surface area contributed by atoms with Crippen LogP contribution in [-0.2, 0) is 0 Å². The Balaban J connectivity index is 1.82. The van der Waals surface area contributed by atoms with E-state index in [0.717, 1.165) is 13.1 Å². The van der Waals surface area contributed by atoms with Crippen LogP contribution in [-0.4, -0.2) is 47.7 Å². The molecule has 0 aromatic carbocycles. The summed E-state index contributed by atoms with van der Waals surface area (Å²) in [6, 6.07) is 0. The zero-order valence-electron chi connectivity index (χ0n) is 11.4. The Kier molecular flexibility index (Phi) is 5.66. The first-order valence-corrected chi connectivity index (χ1v) is 7.29. The van der Waals surface area contributed by atoms with E-state index in [1.807, 2.05) is 6.92 Å². The van der Waals surface area contributed by atoms with Crippen molar-refractivity contribution in [2.75, 3.05) is 38.1 Å². The number of aromatic nitrogens is 2. The third-order valence-electron chi connectivity index (χ3n) is 3.14. The van der Waals surface area contributed by atoms with Gasteiger partial charge < -0.3 is 10.1 Å². The number of halogens is 1. The maximum atomic E-state index is 6.03. The molecule has 2 rings (SSSR count). The van der Waals surface area contributed by atoms with Gasteiger partial charge in [-0.05, 0) is 32.9 Å². The molecular weight excluding hydrogens is 264 g/mol. The van der Waals surface area contributed by atoms with E-state index in [0.29, 0.717) is 23.5 Å². The van der Waals surface area contributed by atoms with Crippen molar-refractivity contribution >= 4 is 17.5 Å². The van der Waals surface area contributed by atoms with E-state index in [1.54, 1.807) is 6.20 Å². The molecule has 0 atom stereocenters. The first-order valence-electron chi connectivity index (χ1n) is 6.91. The molecule has 0 bridgehead atoms. The predicted octanol–water partition coefficient (Wildman–Crippen LogP) is 2.43. The van der Waals surface area contributed by atoms with Gasteiger partial charge in [0.15, 0.2) is 0 Å².